The van der Waals surface area contributed by atoms with E-state index in [1.165, 1.54) is 5.56 Å². The molecule has 0 saturated carbocycles. The minimum absolute atomic E-state index is 0.0326. The van der Waals surface area contributed by atoms with Crippen molar-refractivity contribution in [3.05, 3.63) is 53.1 Å². The molecular formula is C17H20N2O3. The Kier molecular flexibility index (Phi) is 4.88. The number of carbonyl (C=O) groups excluding carboxylic acids is 1. The lowest BCUT2D eigenvalue weighted by Gasteiger charge is -2.11. The molecule has 5 nitrogen and oxygen atoms in total. The van der Waals surface area contributed by atoms with Crippen LogP contribution in [0.2, 0.25) is 0 Å². The Morgan fingerprint density at radius 3 is 2.55 bits per heavy atom. The highest BCUT2D eigenvalue weighted by Gasteiger charge is 2.06. The van der Waals surface area contributed by atoms with Crippen LogP contribution in [0.4, 0.5) is 10.5 Å². The number of phenolic OH excluding ortho intramolecular Hbond substituents is 1. The van der Waals surface area contributed by atoms with Gasteiger partial charge in [-0.1, -0.05) is 12.1 Å². The lowest BCUT2D eigenvalue weighted by molar-refractivity contribution is 0.234. The van der Waals surface area contributed by atoms with Crippen LogP contribution in [-0.4, -0.2) is 17.9 Å². The first kappa shape index (κ1) is 15.7. The monoisotopic (exact) mass is 300 g/mol. The first-order valence-electron chi connectivity index (χ1n) is 7.00. The molecule has 2 aromatic carbocycles. The summed E-state index contributed by atoms with van der Waals surface area (Å²) < 4.78 is 5.47. The second-order valence-corrected chi connectivity index (χ2v) is 5.19. The van der Waals surface area contributed by atoms with Gasteiger partial charge in [0.2, 0.25) is 0 Å². The minimum Gasteiger partial charge on any atom is -0.506 e. The smallest absolute Gasteiger partial charge is 0.321 e. The van der Waals surface area contributed by atoms with Gasteiger partial charge in [0.15, 0.2) is 6.73 Å². The van der Waals surface area contributed by atoms with Crippen LogP contribution in [0, 0.1) is 20.8 Å². The van der Waals surface area contributed by atoms with Crippen molar-refractivity contribution in [2.24, 2.45) is 0 Å². The molecule has 5 heteroatoms. The molecule has 2 aromatic rings. The van der Waals surface area contributed by atoms with Crippen molar-refractivity contribution in [2.45, 2.75) is 20.8 Å². The van der Waals surface area contributed by atoms with E-state index in [2.05, 4.69) is 10.6 Å². The van der Waals surface area contributed by atoms with E-state index >= 15 is 0 Å². The lowest BCUT2D eigenvalue weighted by Crippen LogP contribution is -2.32. The van der Waals surface area contributed by atoms with Gasteiger partial charge in [0.25, 0.3) is 0 Å². The summed E-state index contributed by atoms with van der Waals surface area (Å²) in [6.45, 7) is 5.93. The number of urea groups is 1. The Morgan fingerprint density at radius 2 is 1.86 bits per heavy atom. The molecule has 0 spiro atoms. The zero-order chi connectivity index (χ0) is 16.1. The number of rotatable bonds is 4. The summed E-state index contributed by atoms with van der Waals surface area (Å²) in [5, 5.41) is 14.9. The largest absolute Gasteiger partial charge is 0.506 e. The van der Waals surface area contributed by atoms with E-state index in [1.807, 2.05) is 39.0 Å². The second kappa shape index (κ2) is 6.85. The third-order valence-corrected chi connectivity index (χ3v) is 3.35. The zero-order valence-electron chi connectivity index (χ0n) is 12.9. The van der Waals surface area contributed by atoms with E-state index in [0.717, 1.165) is 11.1 Å². The highest BCUT2D eigenvalue weighted by Crippen LogP contribution is 2.23. The number of phenols is 1. The minimum atomic E-state index is -0.442. The lowest BCUT2D eigenvalue weighted by atomic mass is 10.1. The Balaban J connectivity index is 1.83. The average molecular weight is 300 g/mol. The first-order valence-corrected chi connectivity index (χ1v) is 7.00. The van der Waals surface area contributed by atoms with E-state index in [-0.39, 0.29) is 12.5 Å². The van der Waals surface area contributed by atoms with Gasteiger partial charge < -0.3 is 20.5 Å². The summed E-state index contributed by atoms with van der Waals surface area (Å²) in [7, 11) is 0. The number of amides is 2. The molecule has 0 saturated heterocycles. The number of hydrogen-bond acceptors (Lipinski definition) is 3. The van der Waals surface area contributed by atoms with Gasteiger partial charge in [0, 0.05) is 0 Å². The van der Waals surface area contributed by atoms with Crippen LogP contribution in [0.5, 0.6) is 11.5 Å². The normalized spacial score (nSPS) is 10.1. The molecule has 0 aromatic heterocycles. The number of nitrogens with one attached hydrogen (secondary N) is 2. The number of hydrogen-bond donors (Lipinski definition) is 3. The molecule has 3 N–H and O–H groups in total. The van der Waals surface area contributed by atoms with Crippen molar-refractivity contribution >= 4 is 11.7 Å². The highest BCUT2D eigenvalue weighted by molar-refractivity contribution is 5.90. The highest BCUT2D eigenvalue weighted by atomic mass is 16.5. The molecule has 22 heavy (non-hydrogen) atoms. The summed E-state index contributed by atoms with van der Waals surface area (Å²) in [6.07, 6.45) is 0. The molecule has 0 aliphatic carbocycles. The molecule has 0 bridgehead atoms. The van der Waals surface area contributed by atoms with Crippen LogP contribution in [0.3, 0.4) is 0 Å². The number of ether oxygens (including phenoxy) is 1. The van der Waals surface area contributed by atoms with E-state index in [0.29, 0.717) is 11.4 Å². The number of aryl methyl sites for hydroxylation is 3. The predicted molar refractivity (Wildman–Crippen MR) is 86.4 cm³/mol. The van der Waals surface area contributed by atoms with Crippen molar-refractivity contribution in [3.63, 3.8) is 0 Å². The van der Waals surface area contributed by atoms with Gasteiger partial charge in [-0.3, -0.25) is 0 Å². The molecule has 0 radical (unpaired) electrons. The fourth-order valence-corrected chi connectivity index (χ4v) is 1.90. The quantitative estimate of drug-likeness (QED) is 0.598. The molecule has 2 rings (SSSR count). The molecular weight excluding hydrogens is 280 g/mol. The molecule has 0 fully saturated rings. The van der Waals surface area contributed by atoms with Gasteiger partial charge >= 0.3 is 6.03 Å². The van der Waals surface area contributed by atoms with Crippen molar-refractivity contribution in [1.29, 1.82) is 0 Å². The Morgan fingerprint density at radius 1 is 1.09 bits per heavy atom. The summed E-state index contributed by atoms with van der Waals surface area (Å²) >= 11 is 0. The van der Waals surface area contributed by atoms with Gasteiger partial charge in [-0.25, -0.2) is 4.79 Å². The molecule has 0 heterocycles. The van der Waals surface area contributed by atoms with Gasteiger partial charge in [-0.05, 0) is 61.7 Å². The zero-order valence-corrected chi connectivity index (χ0v) is 12.9. The van der Waals surface area contributed by atoms with Crippen molar-refractivity contribution < 1.29 is 14.6 Å². The van der Waals surface area contributed by atoms with Crippen molar-refractivity contribution in [3.8, 4) is 11.5 Å². The summed E-state index contributed by atoms with van der Waals surface area (Å²) in [4.78, 5) is 11.7. The SMILES string of the molecule is Cc1ccc(NC(=O)NCOc2ccc(C)c(C)c2)c(O)c1. The third kappa shape index (κ3) is 4.15. The van der Waals surface area contributed by atoms with Crippen LogP contribution in [0.15, 0.2) is 36.4 Å². The van der Waals surface area contributed by atoms with E-state index in [9.17, 15) is 9.90 Å². The molecule has 0 unspecified atom stereocenters. The maximum Gasteiger partial charge on any atom is 0.321 e. The number of aromatic hydroxyl groups is 1. The van der Waals surface area contributed by atoms with Crippen molar-refractivity contribution in [1.82, 2.24) is 5.32 Å². The number of anilines is 1. The third-order valence-electron chi connectivity index (χ3n) is 3.35. The van der Waals surface area contributed by atoms with E-state index < -0.39 is 6.03 Å². The Labute approximate surface area is 129 Å². The maximum atomic E-state index is 11.7. The van der Waals surface area contributed by atoms with Crippen LogP contribution < -0.4 is 15.4 Å². The molecule has 116 valence electrons. The van der Waals surface area contributed by atoms with Crippen molar-refractivity contribution in [2.75, 3.05) is 12.0 Å². The Hall–Kier alpha value is -2.69. The fourth-order valence-electron chi connectivity index (χ4n) is 1.90. The van der Waals surface area contributed by atoms with Crippen LogP contribution in [-0.2, 0) is 0 Å². The summed E-state index contributed by atoms with van der Waals surface area (Å²) in [5.74, 6) is 0.729. The predicted octanol–water partition coefficient (Wildman–Crippen LogP) is 3.48. The van der Waals surface area contributed by atoms with Gasteiger partial charge in [-0.2, -0.15) is 0 Å². The van der Waals surface area contributed by atoms with Crippen LogP contribution in [0.1, 0.15) is 16.7 Å². The topological polar surface area (TPSA) is 70.6 Å². The number of benzene rings is 2. The van der Waals surface area contributed by atoms with E-state index in [1.54, 1.807) is 18.2 Å². The second-order valence-electron chi connectivity index (χ2n) is 5.19. The fraction of sp³-hybridized carbons (Fsp3) is 0.235. The van der Waals surface area contributed by atoms with Gasteiger partial charge in [-0.15, -0.1) is 0 Å². The van der Waals surface area contributed by atoms with Crippen LogP contribution >= 0.6 is 0 Å². The molecule has 0 atom stereocenters. The Bertz CT molecular complexity index is 684. The van der Waals surface area contributed by atoms with E-state index in [4.69, 9.17) is 4.74 Å². The average Bonchev–Trinajstić information content (AvgIpc) is 2.46. The maximum absolute atomic E-state index is 11.7. The van der Waals surface area contributed by atoms with Crippen LogP contribution in [0.25, 0.3) is 0 Å². The molecule has 0 aliphatic heterocycles. The van der Waals surface area contributed by atoms with Gasteiger partial charge in [0.1, 0.15) is 11.5 Å². The first-order chi connectivity index (χ1) is 10.5. The number of carbonyl (C=O) groups is 1. The molecule has 0 aliphatic rings. The standard InChI is InChI=1S/C17H20N2O3/c1-11-4-7-15(16(20)8-11)19-17(21)18-10-22-14-6-5-12(2)13(3)9-14/h4-9,20H,10H2,1-3H3,(H2,18,19,21). The van der Waals surface area contributed by atoms with Gasteiger partial charge in [0.05, 0.1) is 5.69 Å². The summed E-state index contributed by atoms with van der Waals surface area (Å²) in [5.41, 5.74) is 3.59. The summed E-state index contributed by atoms with van der Waals surface area (Å²) in [6, 6.07) is 10.3. The molecule has 2 amide bonds.